The van der Waals surface area contributed by atoms with Crippen molar-refractivity contribution >= 4 is 44.3 Å². The highest BCUT2D eigenvalue weighted by Crippen LogP contribution is 2.15. The third kappa shape index (κ3) is 8.71. The Balaban J connectivity index is 1.67. The number of sulfonamides is 1. The maximum absolute atomic E-state index is 12.5. The highest BCUT2D eigenvalue weighted by atomic mass is 127. The Hall–Kier alpha value is -2.83. The van der Waals surface area contributed by atoms with Crippen LogP contribution in [0.15, 0.2) is 83.1 Å². The number of aromatic nitrogens is 1. The number of hydrogen-bond donors (Lipinski definition) is 2. The molecule has 0 aliphatic rings. The molecule has 1 aromatic heterocycles. The molecule has 0 amide bonds. The van der Waals surface area contributed by atoms with Crippen molar-refractivity contribution in [2.75, 3.05) is 13.2 Å². The van der Waals surface area contributed by atoms with Gasteiger partial charge in [-0.3, -0.25) is 9.78 Å². The molecule has 3 aromatic rings. The molecule has 0 saturated carbocycles. The first kappa shape index (κ1) is 26.8. The summed E-state index contributed by atoms with van der Waals surface area (Å²) in [5, 5.41) is 13.0. The third-order valence-corrected chi connectivity index (χ3v) is 7.19. The van der Waals surface area contributed by atoms with Gasteiger partial charge in [0.2, 0.25) is 10.0 Å². The molecular formula is C25H26IN3O5S. The second-order valence-electron chi connectivity index (χ2n) is 7.67. The highest BCUT2D eigenvalue weighted by molar-refractivity contribution is 14.1. The van der Waals surface area contributed by atoms with Gasteiger partial charge in [0.05, 0.1) is 4.90 Å². The van der Waals surface area contributed by atoms with Crippen molar-refractivity contribution < 1.29 is 23.2 Å². The van der Waals surface area contributed by atoms with Crippen molar-refractivity contribution in [1.82, 2.24) is 9.71 Å². The molecule has 0 fully saturated rings. The predicted octanol–water partition coefficient (Wildman–Crippen LogP) is 4.23. The number of aliphatic carboxylic acids is 1. The number of unbranched alkanes of at least 4 members (excludes halogenated alkanes) is 1. The molecule has 1 heterocycles. The lowest BCUT2D eigenvalue weighted by Crippen LogP contribution is -2.26. The van der Waals surface area contributed by atoms with Gasteiger partial charge in [-0.15, -0.1) is 0 Å². The summed E-state index contributed by atoms with van der Waals surface area (Å²) in [6.07, 6.45) is 5.04. The number of carboxylic acids is 1. The normalized spacial score (nSPS) is 11.9. The first-order valence-electron chi connectivity index (χ1n) is 11.0. The van der Waals surface area contributed by atoms with Crippen LogP contribution in [0.2, 0.25) is 0 Å². The Kier molecular flexibility index (Phi) is 10.2. The van der Waals surface area contributed by atoms with Crippen molar-refractivity contribution in [3.63, 3.8) is 0 Å². The van der Waals surface area contributed by atoms with Crippen LogP contribution in [0.1, 0.15) is 36.0 Å². The van der Waals surface area contributed by atoms with E-state index in [1.165, 1.54) is 0 Å². The number of carboxylic acid groups (broad SMARTS) is 1. The minimum absolute atomic E-state index is 0.0952. The number of carbonyl (C=O) groups is 1. The second kappa shape index (κ2) is 13.3. The number of nitrogens with one attached hydrogen (secondary N) is 1. The van der Waals surface area contributed by atoms with Crippen molar-refractivity contribution in [1.29, 1.82) is 0 Å². The summed E-state index contributed by atoms with van der Waals surface area (Å²) in [7, 11) is -3.58. The van der Waals surface area contributed by atoms with E-state index in [1.54, 1.807) is 42.7 Å². The van der Waals surface area contributed by atoms with Crippen LogP contribution in [0, 0.1) is 3.57 Å². The van der Waals surface area contributed by atoms with Gasteiger partial charge in [-0.25, -0.2) is 13.1 Å². The quantitative estimate of drug-likeness (QED) is 0.130. The van der Waals surface area contributed by atoms with Gasteiger partial charge in [0.25, 0.3) is 0 Å². The summed E-state index contributed by atoms with van der Waals surface area (Å²) >= 11 is 2.13. The minimum atomic E-state index is -3.58. The molecule has 0 saturated heterocycles. The Bertz CT molecular complexity index is 1250. The average molecular weight is 607 g/mol. The fourth-order valence-electron chi connectivity index (χ4n) is 3.23. The number of hydrogen-bond acceptors (Lipinski definition) is 6. The maximum atomic E-state index is 12.5. The largest absolute Gasteiger partial charge is 0.481 e. The highest BCUT2D eigenvalue weighted by Gasteiger charge is 2.14. The van der Waals surface area contributed by atoms with E-state index in [-0.39, 0.29) is 17.9 Å². The molecule has 10 heteroatoms. The molecule has 2 N–H and O–H groups in total. The van der Waals surface area contributed by atoms with Gasteiger partial charge < -0.3 is 9.94 Å². The first-order chi connectivity index (χ1) is 16.8. The van der Waals surface area contributed by atoms with Crippen LogP contribution < -0.4 is 4.72 Å². The molecule has 0 unspecified atom stereocenters. The molecule has 184 valence electrons. The summed E-state index contributed by atoms with van der Waals surface area (Å²) in [4.78, 5) is 20.5. The van der Waals surface area contributed by atoms with E-state index >= 15 is 0 Å². The molecule has 3 rings (SSSR count). The summed E-state index contributed by atoms with van der Waals surface area (Å²) in [6.45, 7) is 0.550. The summed E-state index contributed by atoms with van der Waals surface area (Å²) < 4.78 is 28.7. The number of nitrogens with zero attached hydrogens (tertiary/aromatic N) is 2. The minimum Gasteiger partial charge on any atom is -0.481 e. The third-order valence-electron chi connectivity index (χ3n) is 5.00. The summed E-state index contributed by atoms with van der Waals surface area (Å²) in [6, 6.07) is 18.0. The van der Waals surface area contributed by atoms with Crippen LogP contribution in [-0.4, -0.2) is 43.3 Å². The number of pyridine rings is 1. The van der Waals surface area contributed by atoms with Gasteiger partial charge in [0, 0.05) is 40.1 Å². The Labute approximate surface area is 218 Å². The molecule has 0 bridgehead atoms. The molecule has 35 heavy (non-hydrogen) atoms. The van der Waals surface area contributed by atoms with Crippen LogP contribution >= 0.6 is 22.6 Å². The molecule has 0 spiro atoms. The van der Waals surface area contributed by atoms with Gasteiger partial charge in [0.1, 0.15) is 12.3 Å². The zero-order chi connectivity index (χ0) is 25.1. The molecule has 0 aliphatic heterocycles. The fourth-order valence-corrected chi connectivity index (χ4v) is 4.62. The standard InChI is InChI=1S/C25H26IN3O5S/c26-22-9-11-23(12-10-22)35(32,33)28-15-13-19-5-3-6-20(17-19)25(21-7-4-14-27-18-21)29-34-16-2-1-8-24(30)31/h3-7,9-12,14,17-18,28H,1-2,8,13,15-16H2,(H,30,31)/b29-25+. The lowest BCUT2D eigenvalue weighted by Gasteiger charge is -2.10. The smallest absolute Gasteiger partial charge is 0.303 e. The number of oxime groups is 1. The van der Waals surface area contributed by atoms with Crippen LogP contribution in [0.5, 0.6) is 0 Å². The number of rotatable bonds is 13. The van der Waals surface area contributed by atoms with E-state index in [0.29, 0.717) is 31.6 Å². The van der Waals surface area contributed by atoms with Crippen molar-refractivity contribution in [3.8, 4) is 0 Å². The van der Waals surface area contributed by atoms with Crippen molar-refractivity contribution in [2.24, 2.45) is 5.16 Å². The van der Waals surface area contributed by atoms with E-state index in [1.807, 2.05) is 30.3 Å². The van der Waals surface area contributed by atoms with E-state index < -0.39 is 16.0 Å². The van der Waals surface area contributed by atoms with Crippen LogP contribution in [0.3, 0.4) is 0 Å². The van der Waals surface area contributed by atoms with E-state index in [9.17, 15) is 13.2 Å². The van der Waals surface area contributed by atoms with Crippen molar-refractivity contribution in [3.05, 3.63) is 93.3 Å². The topological polar surface area (TPSA) is 118 Å². The average Bonchev–Trinajstić information content (AvgIpc) is 2.84. The molecule has 0 atom stereocenters. The van der Waals surface area contributed by atoms with Gasteiger partial charge >= 0.3 is 5.97 Å². The predicted molar refractivity (Wildman–Crippen MR) is 142 cm³/mol. The van der Waals surface area contributed by atoms with Crippen LogP contribution in [0.4, 0.5) is 0 Å². The van der Waals surface area contributed by atoms with E-state index in [2.05, 4.69) is 37.5 Å². The first-order valence-corrected chi connectivity index (χ1v) is 13.6. The van der Waals surface area contributed by atoms with Crippen LogP contribution in [-0.2, 0) is 26.1 Å². The lowest BCUT2D eigenvalue weighted by atomic mass is 10.0. The van der Waals surface area contributed by atoms with Crippen molar-refractivity contribution in [2.45, 2.75) is 30.6 Å². The molecule has 8 nitrogen and oxygen atoms in total. The van der Waals surface area contributed by atoms with E-state index in [0.717, 1.165) is 20.3 Å². The maximum Gasteiger partial charge on any atom is 0.303 e. The van der Waals surface area contributed by atoms with Gasteiger partial charge in [-0.05, 0) is 89.9 Å². The van der Waals surface area contributed by atoms with Gasteiger partial charge in [0.15, 0.2) is 0 Å². The fraction of sp³-hybridized carbons (Fsp3) is 0.240. The lowest BCUT2D eigenvalue weighted by molar-refractivity contribution is -0.137. The molecular weight excluding hydrogens is 581 g/mol. The second-order valence-corrected chi connectivity index (χ2v) is 10.7. The number of halogens is 1. The molecule has 2 aromatic carbocycles. The molecule has 0 aliphatic carbocycles. The monoisotopic (exact) mass is 607 g/mol. The van der Waals surface area contributed by atoms with Gasteiger partial charge in [-0.1, -0.05) is 23.4 Å². The van der Waals surface area contributed by atoms with Crippen LogP contribution in [0.25, 0.3) is 0 Å². The zero-order valence-corrected chi connectivity index (χ0v) is 21.9. The zero-order valence-electron chi connectivity index (χ0n) is 18.9. The van der Waals surface area contributed by atoms with E-state index in [4.69, 9.17) is 9.94 Å². The summed E-state index contributed by atoms with van der Waals surface area (Å²) in [5.74, 6) is -0.831. The Morgan fingerprint density at radius 3 is 2.54 bits per heavy atom. The SMILES string of the molecule is O=C(O)CCCCO/N=C(/c1cccnc1)c1cccc(CCNS(=O)(=O)c2ccc(I)cc2)c1. The van der Waals surface area contributed by atoms with Gasteiger partial charge in [-0.2, -0.15) is 0 Å². The molecule has 0 radical (unpaired) electrons. The Morgan fingerprint density at radius 1 is 1.06 bits per heavy atom. The Morgan fingerprint density at radius 2 is 1.83 bits per heavy atom. The summed E-state index contributed by atoms with van der Waals surface area (Å²) in [5.41, 5.74) is 3.11. The number of benzene rings is 2.